The SMILES string of the molecule is O=C(NC[C@]1(O)CCNC1)Nc1cccc(C(F)(F)F)c1. The Morgan fingerprint density at radius 2 is 2.19 bits per heavy atom. The number of alkyl halides is 3. The zero-order chi connectivity index (χ0) is 15.5. The molecular weight excluding hydrogens is 287 g/mol. The van der Waals surface area contributed by atoms with Gasteiger partial charge in [-0.25, -0.2) is 4.79 Å². The first-order valence-corrected chi connectivity index (χ1v) is 6.44. The Hall–Kier alpha value is -1.80. The second kappa shape index (κ2) is 5.90. The van der Waals surface area contributed by atoms with Crippen LogP contribution in [-0.4, -0.2) is 36.4 Å². The number of urea groups is 1. The van der Waals surface area contributed by atoms with Gasteiger partial charge in [0.15, 0.2) is 0 Å². The number of aliphatic hydroxyl groups is 1. The van der Waals surface area contributed by atoms with Crippen LogP contribution in [0.5, 0.6) is 0 Å². The van der Waals surface area contributed by atoms with Crippen molar-refractivity contribution in [3.8, 4) is 0 Å². The number of anilines is 1. The van der Waals surface area contributed by atoms with Crippen molar-refractivity contribution < 1.29 is 23.1 Å². The van der Waals surface area contributed by atoms with E-state index >= 15 is 0 Å². The van der Waals surface area contributed by atoms with Crippen molar-refractivity contribution in [2.24, 2.45) is 0 Å². The number of hydrogen-bond donors (Lipinski definition) is 4. The molecule has 0 aromatic heterocycles. The van der Waals surface area contributed by atoms with E-state index in [9.17, 15) is 23.1 Å². The topological polar surface area (TPSA) is 73.4 Å². The molecule has 1 aliphatic heterocycles. The molecule has 0 spiro atoms. The molecule has 0 saturated carbocycles. The van der Waals surface area contributed by atoms with Gasteiger partial charge in [0.25, 0.3) is 0 Å². The standard InChI is InChI=1S/C13H16F3N3O2/c14-13(15,16)9-2-1-3-10(6-9)19-11(20)18-8-12(21)4-5-17-7-12/h1-3,6,17,21H,4-5,7-8H2,(H2,18,19,20)/t12-/m0/s1. The maximum absolute atomic E-state index is 12.5. The predicted molar refractivity (Wildman–Crippen MR) is 70.9 cm³/mol. The summed E-state index contributed by atoms with van der Waals surface area (Å²) < 4.78 is 37.6. The fourth-order valence-electron chi connectivity index (χ4n) is 2.07. The fraction of sp³-hybridized carbons (Fsp3) is 0.462. The van der Waals surface area contributed by atoms with Gasteiger partial charge in [-0.3, -0.25) is 0 Å². The van der Waals surface area contributed by atoms with E-state index in [1.54, 1.807) is 0 Å². The van der Waals surface area contributed by atoms with Crippen LogP contribution in [0.1, 0.15) is 12.0 Å². The highest BCUT2D eigenvalue weighted by molar-refractivity contribution is 5.89. The lowest BCUT2D eigenvalue weighted by Gasteiger charge is -2.21. The van der Waals surface area contributed by atoms with Crippen LogP contribution in [0.3, 0.4) is 0 Å². The molecule has 2 amide bonds. The van der Waals surface area contributed by atoms with Crippen molar-refractivity contribution in [1.82, 2.24) is 10.6 Å². The molecule has 0 aliphatic carbocycles. The molecule has 0 unspecified atom stereocenters. The normalized spacial score (nSPS) is 22.1. The van der Waals surface area contributed by atoms with Crippen LogP contribution in [0.2, 0.25) is 0 Å². The van der Waals surface area contributed by atoms with Crippen molar-refractivity contribution in [3.05, 3.63) is 29.8 Å². The van der Waals surface area contributed by atoms with Crippen LogP contribution in [-0.2, 0) is 6.18 Å². The van der Waals surface area contributed by atoms with Crippen molar-refractivity contribution in [3.63, 3.8) is 0 Å². The number of carbonyl (C=O) groups excluding carboxylic acids is 1. The van der Waals surface area contributed by atoms with Crippen LogP contribution in [0.25, 0.3) is 0 Å². The molecule has 8 heteroatoms. The minimum atomic E-state index is -4.46. The lowest BCUT2D eigenvalue weighted by Crippen LogP contribution is -2.45. The third kappa shape index (κ3) is 4.33. The van der Waals surface area contributed by atoms with E-state index in [0.29, 0.717) is 19.5 Å². The van der Waals surface area contributed by atoms with Gasteiger partial charge in [-0.2, -0.15) is 13.2 Å². The average molecular weight is 303 g/mol. The Morgan fingerprint density at radius 3 is 2.81 bits per heavy atom. The molecule has 1 fully saturated rings. The highest BCUT2D eigenvalue weighted by Crippen LogP contribution is 2.30. The molecule has 1 atom stereocenters. The lowest BCUT2D eigenvalue weighted by atomic mass is 10.0. The van der Waals surface area contributed by atoms with Gasteiger partial charge in [-0.15, -0.1) is 0 Å². The van der Waals surface area contributed by atoms with Crippen molar-refractivity contribution >= 4 is 11.7 Å². The number of amides is 2. The summed E-state index contributed by atoms with van der Waals surface area (Å²) >= 11 is 0. The minimum absolute atomic E-state index is 0.0325. The van der Waals surface area contributed by atoms with Gasteiger partial charge in [-0.05, 0) is 31.2 Å². The van der Waals surface area contributed by atoms with E-state index in [4.69, 9.17) is 0 Å². The number of β-amino-alcohol motifs (C(OH)–C–C–N with tert-alkyl or cyclic N) is 1. The molecule has 1 aromatic carbocycles. The summed E-state index contributed by atoms with van der Waals surface area (Å²) in [7, 11) is 0. The van der Waals surface area contributed by atoms with Gasteiger partial charge in [-0.1, -0.05) is 6.07 Å². The Morgan fingerprint density at radius 1 is 1.43 bits per heavy atom. The van der Waals surface area contributed by atoms with Gasteiger partial charge in [0, 0.05) is 18.8 Å². The maximum atomic E-state index is 12.5. The zero-order valence-corrected chi connectivity index (χ0v) is 11.1. The molecule has 21 heavy (non-hydrogen) atoms. The third-order valence-corrected chi connectivity index (χ3v) is 3.25. The summed E-state index contributed by atoms with van der Waals surface area (Å²) in [5.41, 5.74) is -1.80. The Balaban J connectivity index is 1.91. The van der Waals surface area contributed by atoms with Crippen LogP contribution in [0.4, 0.5) is 23.7 Å². The summed E-state index contributed by atoms with van der Waals surface area (Å²) in [5, 5.41) is 17.7. The number of nitrogens with one attached hydrogen (secondary N) is 3. The molecule has 0 radical (unpaired) electrons. The Labute approximate surface area is 119 Å². The quantitative estimate of drug-likeness (QED) is 0.684. The summed E-state index contributed by atoms with van der Waals surface area (Å²) in [5.74, 6) is 0. The number of hydrogen-bond acceptors (Lipinski definition) is 3. The number of benzene rings is 1. The lowest BCUT2D eigenvalue weighted by molar-refractivity contribution is -0.137. The highest BCUT2D eigenvalue weighted by atomic mass is 19.4. The third-order valence-electron chi connectivity index (χ3n) is 3.25. The van der Waals surface area contributed by atoms with Gasteiger partial charge in [0.05, 0.1) is 11.2 Å². The molecule has 2 rings (SSSR count). The zero-order valence-electron chi connectivity index (χ0n) is 11.1. The largest absolute Gasteiger partial charge is 0.416 e. The van der Waals surface area contributed by atoms with Crippen LogP contribution >= 0.6 is 0 Å². The second-order valence-corrected chi connectivity index (χ2v) is 5.04. The van der Waals surface area contributed by atoms with E-state index in [2.05, 4.69) is 16.0 Å². The monoisotopic (exact) mass is 303 g/mol. The van der Waals surface area contributed by atoms with E-state index in [1.165, 1.54) is 12.1 Å². The second-order valence-electron chi connectivity index (χ2n) is 5.04. The molecule has 1 heterocycles. The van der Waals surface area contributed by atoms with E-state index in [-0.39, 0.29) is 12.2 Å². The smallest absolute Gasteiger partial charge is 0.387 e. The van der Waals surface area contributed by atoms with Crippen LogP contribution in [0.15, 0.2) is 24.3 Å². The number of halogens is 3. The van der Waals surface area contributed by atoms with E-state index in [1.807, 2.05) is 0 Å². The Kier molecular flexibility index (Phi) is 4.38. The van der Waals surface area contributed by atoms with Gasteiger partial charge in [0.2, 0.25) is 0 Å². The van der Waals surface area contributed by atoms with E-state index < -0.39 is 23.4 Å². The first kappa shape index (κ1) is 15.6. The summed E-state index contributed by atoms with van der Waals surface area (Å²) in [6.45, 7) is 1.06. The fourth-order valence-corrected chi connectivity index (χ4v) is 2.07. The number of rotatable bonds is 3. The van der Waals surface area contributed by atoms with E-state index in [0.717, 1.165) is 12.1 Å². The first-order chi connectivity index (χ1) is 9.78. The van der Waals surface area contributed by atoms with Crippen molar-refractivity contribution in [2.75, 3.05) is 25.0 Å². The van der Waals surface area contributed by atoms with Gasteiger partial charge < -0.3 is 21.1 Å². The van der Waals surface area contributed by atoms with Crippen LogP contribution in [0, 0.1) is 0 Å². The molecule has 4 N–H and O–H groups in total. The molecule has 5 nitrogen and oxygen atoms in total. The first-order valence-electron chi connectivity index (χ1n) is 6.44. The summed E-state index contributed by atoms with van der Waals surface area (Å²) in [4.78, 5) is 11.6. The van der Waals surface area contributed by atoms with Gasteiger partial charge in [0.1, 0.15) is 0 Å². The summed E-state index contributed by atoms with van der Waals surface area (Å²) in [6, 6.07) is 3.70. The molecule has 0 bridgehead atoms. The van der Waals surface area contributed by atoms with Gasteiger partial charge >= 0.3 is 12.2 Å². The molecule has 116 valence electrons. The summed E-state index contributed by atoms with van der Waals surface area (Å²) in [6.07, 6.45) is -3.95. The number of carbonyl (C=O) groups is 1. The highest BCUT2D eigenvalue weighted by Gasteiger charge is 2.32. The molecule has 1 saturated heterocycles. The van der Waals surface area contributed by atoms with Crippen molar-refractivity contribution in [1.29, 1.82) is 0 Å². The predicted octanol–water partition coefficient (Wildman–Crippen LogP) is 1.55. The minimum Gasteiger partial charge on any atom is -0.387 e. The average Bonchev–Trinajstić information content (AvgIpc) is 2.83. The van der Waals surface area contributed by atoms with Crippen molar-refractivity contribution in [2.45, 2.75) is 18.2 Å². The Bertz CT molecular complexity index is 514. The van der Waals surface area contributed by atoms with Crippen LogP contribution < -0.4 is 16.0 Å². The maximum Gasteiger partial charge on any atom is 0.416 e. The molecular formula is C13H16F3N3O2. The molecule has 1 aromatic rings. The molecule has 1 aliphatic rings.